The molecule has 4 rings (SSSR count). The highest BCUT2D eigenvalue weighted by Gasteiger charge is 2.18. The van der Waals surface area contributed by atoms with E-state index in [0.29, 0.717) is 6.42 Å². The van der Waals surface area contributed by atoms with Crippen LogP contribution in [0.4, 0.5) is 0 Å². The minimum absolute atomic E-state index is 0.0668. The summed E-state index contributed by atoms with van der Waals surface area (Å²) in [6, 6.07) is 12.2. The van der Waals surface area contributed by atoms with Gasteiger partial charge in [0.1, 0.15) is 0 Å². The largest absolute Gasteiger partial charge is 0.304 e. The predicted molar refractivity (Wildman–Crippen MR) is 119 cm³/mol. The van der Waals surface area contributed by atoms with Crippen molar-refractivity contribution >= 4 is 5.78 Å². The summed E-state index contributed by atoms with van der Waals surface area (Å²) in [5, 5.41) is 4.74. The number of benzene rings is 1. The summed E-state index contributed by atoms with van der Waals surface area (Å²) in [6.07, 6.45) is 6.08. The maximum absolute atomic E-state index is 12.1. The van der Waals surface area contributed by atoms with Gasteiger partial charge >= 0.3 is 0 Å². The molecule has 1 saturated heterocycles. The summed E-state index contributed by atoms with van der Waals surface area (Å²) >= 11 is 0. The zero-order valence-electron chi connectivity index (χ0n) is 17.8. The molecule has 0 spiro atoms. The molecule has 6 nitrogen and oxygen atoms in total. The molecule has 0 amide bonds. The van der Waals surface area contributed by atoms with E-state index in [1.165, 1.54) is 0 Å². The van der Waals surface area contributed by atoms with Crippen molar-refractivity contribution in [2.45, 2.75) is 19.9 Å². The first-order valence-corrected chi connectivity index (χ1v) is 10.6. The normalized spacial score (nSPS) is 15.4. The molecule has 0 aliphatic carbocycles. The molecule has 0 unspecified atom stereocenters. The van der Waals surface area contributed by atoms with E-state index in [9.17, 15) is 4.79 Å². The van der Waals surface area contributed by atoms with Crippen molar-refractivity contribution in [1.29, 1.82) is 0 Å². The lowest BCUT2D eigenvalue weighted by atomic mass is 9.98. The number of hydrogen-bond acceptors (Lipinski definition) is 5. The van der Waals surface area contributed by atoms with Gasteiger partial charge in [0.05, 0.1) is 18.4 Å². The number of hydrogen-bond donors (Lipinski definition) is 0. The quantitative estimate of drug-likeness (QED) is 0.568. The molecule has 156 valence electrons. The Kier molecular flexibility index (Phi) is 6.35. The number of nitrogens with zero attached hydrogens (tertiary/aromatic N) is 5. The van der Waals surface area contributed by atoms with Crippen LogP contribution in [0.1, 0.15) is 28.5 Å². The fourth-order valence-electron chi connectivity index (χ4n) is 4.05. The summed E-state index contributed by atoms with van der Waals surface area (Å²) < 4.78 is 2.11. The van der Waals surface area contributed by atoms with Crippen LogP contribution in [-0.2, 0) is 13.0 Å². The van der Waals surface area contributed by atoms with Gasteiger partial charge in [0.15, 0.2) is 5.78 Å². The number of carbonyl (C=O) groups is 1. The zero-order chi connectivity index (χ0) is 20.9. The van der Waals surface area contributed by atoms with E-state index in [1.807, 2.05) is 36.7 Å². The van der Waals surface area contributed by atoms with E-state index in [-0.39, 0.29) is 5.78 Å². The third kappa shape index (κ3) is 4.66. The first-order chi connectivity index (χ1) is 14.6. The fourth-order valence-corrected chi connectivity index (χ4v) is 4.05. The number of rotatable bonds is 7. The Hall–Kier alpha value is -2.83. The SMILES string of the molecule is CC(=O)c1ccncc1Cc1c(-c2ccccc2)cnn1CCN1CCN(C)CC1. The molecule has 0 atom stereocenters. The van der Waals surface area contributed by atoms with Crippen LogP contribution in [0.25, 0.3) is 11.1 Å². The molecular weight excluding hydrogens is 374 g/mol. The first-order valence-electron chi connectivity index (χ1n) is 10.6. The number of piperazine rings is 1. The van der Waals surface area contributed by atoms with Crippen LogP contribution in [0.2, 0.25) is 0 Å². The number of pyridine rings is 1. The second-order valence-corrected chi connectivity index (χ2v) is 8.00. The predicted octanol–water partition coefficient (Wildman–Crippen LogP) is 2.99. The van der Waals surface area contributed by atoms with Crippen LogP contribution in [-0.4, -0.2) is 70.1 Å². The molecule has 0 radical (unpaired) electrons. The summed E-state index contributed by atoms with van der Waals surface area (Å²) in [5.74, 6) is 0.0668. The van der Waals surface area contributed by atoms with Crippen molar-refractivity contribution in [1.82, 2.24) is 24.6 Å². The van der Waals surface area contributed by atoms with E-state index >= 15 is 0 Å². The summed E-state index contributed by atoms with van der Waals surface area (Å²) in [6.45, 7) is 7.83. The van der Waals surface area contributed by atoms with Gasteiger partial charge in [-0.25, -0.2) is 0 Å². The average molecular weight is 404 g/mol. The molecular formula is C24H29N5O. The monoisotopic (exact) mass is 403 g/mol. The molecule has 0 N–H and O–H groups in total. The highest BCUT2D eigenvalue weighted by atomic mass is 16.1. The maximum Gasteiger partial charge on any atom is 0.160 e. The van der Waals surface area contributed by atoms with Gasteiger partial charge in [-0.05, 0) is 31.2 Å². The number of carbonyl (C=O) groups excluding carboxylic acids is 1. The molecule has 1 aliphatic rings. The third-order valence-corrected chi connectivity index (χ3v) is 5.90. The topological polar surface area (TPSA) is 54.3 Å². The van der Waals surface area contributed by atoms with Crippen molar-refractivity contribution in [2.75, 3.05) is 39.8 Å². The van der Waals surface area contributed by atoms with Crippen molar-refractivity contribution in [3.63, 3.8) is 0 Å². The van der Waals surface area contributed by atoms with Crippen LogP contribution in [0, 0.1) is 0 Å². The van der Waals surface area contributed by atoms with Crippen molar-refractivity contribution in [3.05, 3.63) is 71.8 Å². The molecule has 0 bridgehead atoms. The van der Waals surface area contributed by atoms with Crippen molar-refractivity contribution < 1.29 is 4.79 Å². The van der Waals surface area contributed by atoms with Gasteiger partial charge in [-0.1, -0.05) is 30.3 Å². The molecule has 30 heavy (non-hydrogen) atoms. The lowest BCUT2D eigenvalue weighted by Gasteiger charge is -2.32. The average Bonchev–Trinajstić information content (AvgIpc) is 3.16. The van der Waals surface area contributed by atoms with Gasteiger partial charge in [-0.3, -0.25) is 19.4 Å². The molecule has 3 heterocycles. The van der Waals surface area contributed by atoms with E-state index in [0.717, 1.165) is 67.2 Å². The van der Waals surface area contributed by atoms with Gasteiger partial charge in [-0.2, -0.15) is 5.10 Å². The summed E-state index contributed by atoms with van der Waals surface area (Å²) in [7, 11) is 2.18. The Balaban J connectivity index is 1.62. The number of ketones is 1. The molecule has 1 aliphatic heterocycles. The maximum atomic E-state index is 12.1. The lowest BCUT2D eigenvalue weighted by molar-refractivity contribution is 0.101. The van der Waals surface area contributed by atoms with Gasteiger partial charge < -0.3 is 4.90 Å². The van der Waals surface area contributed by atoms with Gasteiger partial charge in [0, 0.05) is 62.7 Å². The minimum Gasteiger partial charge on any atom is -0.304 e. The summed E-state index contributed by atoms with van der Waals surface area (Å²) in [4.78, 5) is 21.3. The van der Waals surface area contributed by atoms with E-state index in [4.69, 9.17) is 5.10 Å². The van der Waals surface area contributed by atoms with E-state index < -0.39 is 0 Å². The van der Waals surface area contributed by atoms with Crippen molar-refractivity contribution in [2.24, 2.45) is 0 Å². The molecule has 1 fully saturated rings. The van der Waals surface area contributed by atoms with Crippen LogP contribution in [0.15, 0.2) is 55.0 Å². The minimum atomic E-state index is 0.0668. The molecule has 0 saturated carbocycles. The Morgan fingerprint density at radius 2 is 1.77 bits per heavy atom. The number of aromatic nitrogens is 3. The Morgan fingerprint density at radius 3 is 2.50 bits per heavy atom. The molecule has 6 heteroatoms. The molecule has 1 aromatic carbocycles. The highest BCUT2D eigenvalue weighted by Crippen LogP contribution is 2.26. The Morgan fingerprint density at radius 1 is 1.00 bits per heavy atom. The zero-order valence-corrected chi connectivity index (χ0v) is 17.8. The smallest absolute Gasteiger partial charge is 0.160 e. The van der Waals surface area contributed by atoms with E-state index in [2.05, 4.69) is 38.6 Å². The second-order valence-electron chi connectivity index (χ2n) is 8.00. The van der Waals surface area contributed by atoms with Crippen molar-refractivity contribution in [3.8, 4) is 11.1 Å². The van der Waals surface area contributed by atoms with Crippen LogP contribution >= 0.6 is 0 Å². The fraction of sp³-hybridized carbons (Fsp3) is 0.375. The highest BCUT2D eigenvalue weighted by molar-refractivity contribution is 5.95. The van der Waals surface area contributed by atoms with E-state index in [1.54, 1.807) is 13.1 Å². The van der Waals surface area contributed by atoms with Crippen LogP contribution < -0.4 is 0 Å². The molecule has 2 aromatic heterocycles. The number of Topliss-reactive ketones (excluding diaryl/α,β-unsaturated/α-hetero) is 1. The summed E-state index contributed by atoms with van der Waals surface area (Å²) in [5.41, 5.74) is 5.07. The van der Waals surface area contributed by atoms with Gasteiger partial charge in [0.2, 0.25) is 0 Å². The Labute approximate surface area is 178 Å². The first kappa shape index (κ1) is 20.4. The number of likely N-dealkylation sites (N-methyl/N-ethyl adjacent to an activating group) is 1. The standard InChI is InChI=1S/C24H29N5O/c1-19(30)22-8-9-25-17-21(22)16-24-23(20-6-4-3-5-7-20)18-26-29(24)15-14-28-12-10-27(2)11-13-28/h3-9,17-18H,10-16H2,1-2H3. The lowest BCUT2D eigenvalue weighted by Crippen LogP contribution is -2.45. The third-order valence-electron chi connectivity index (χ3n) is 5.90. The van der Waals surface area contributed by atoms with Crippen LogP contribution in [0.5, 0.6) is 0 Å². The van der Waals surface area contributed by atoms with Crippen LogP contribution in [0.3, 0.4) is 0 Å². The van der Waals surface area contributed by atoms with Gasteiger partial charge in [-0.15, -0.1) is 0 Å². The molecule has 3 aromatic rings. The Bertz CT molecular complexity index is 990. The van der Waals surface area contributed by atoms with Gasteiger partial charge in [0.25, 0.3) is 0 Å². The second kappa shape index (κ2) is 9.32.